The molecule has 1 aromatic heterocycles. The third-order valence-electron chi connectivity index (χ3n) is 3.87. The van der Waals surface area contributed by atoms with E-state index in [1.807, 2.05) is 41.5 Å². The van der Waals surface area contributed by atoms with E-state index in [2.05, 4.69) is 40.7 Å². The van der Waals surface area contributed by atoms with Gasteiger partial charge in [0.2, 0.25) is 5.89 Å². The Kier molecular flexibility index (Phi) is 9.26. The van der Waals surface area contributed by atoms with Gasteiger partial charge in [-0.05, 0) is 60.1 Å². The predicted molar refractivity (Wildman–Crippen MR) is 125 cm³/mol. The Hall–Kier alpha value is -1.77. The summed E-state index contributed by atoms with van der Waals surface area (Å²) in [7, 11) is 0. The van der Waals surface area contributed by atoms with Crippen molar-refractivity contribution in [2.24, 2.45) is 4.99 Å². The van der Waals surface area contributed by atoms with Gasteiger partial charge in [-0.15, -0.1) is 24.0 Å². The molecule has 2 N–H and O–H groups in total. The van der Waals surface area contributed by atoms with Gasteiger partial charge in [-0.25, -0.2) is 9.98 Å². The highest BCUT2D eigenvalue weighted by atomic mass is 127. The van der Waals surface area contributed by atoms with E-state index in [9.17, 15) is 0 Å². The average Bonchev–Trinajstić information content (AvgIpc) is 2.88. The Balaban J connectivity index is 0.00000392. The maximum atomic E-state index is 6.12. The molecule has 1 heterocycles. The predicted octanol–water partition coefficient (Wildman–Crippen LogP) is 4.65. The summed E-state index contributed by atoms with van der Waals surface area (Å²) in [5, 5.41) is 6.52. The second kappa shape index (κ2) is 10.7. The lowest BCUT2D eigenvalue weighted by Crippen LogP contribution is -2.36. The molecule has 0 unspecified atom stereocenters. The van der Waals surface area contributed by atoms with Crippen molar-refractivity contribution in [3.63, 3.8) is 0 Å². The van der Waals surface area contributed by atoms with Gasteiger partial charge in [-0.2, -0.15) is 0 Å². The van der Waals surface area contributed by atoms with Crippen molar-refractivity contribution in [1.82, 2.24) is 15.6 Å². The summed E-state index contributed by atoms with van der Waals surface area (Å²) >= 11 is 0. The quantitative estimate of drug-likeness (QED) is 0.343. The summed E-state index contributed by atoms with van der Waals surface area (Å²) in [6.45, 7) is 15.9. The minimum absolute atomic E-state index is 0. The monoisotopic (exact) mass is 500 g/mol. The van der Waals surface area contributed by atoms with Crippen LogP contribution in [0.1, 0.15) is 56.2 Å². The molecule has 2 aromatic rings. The van der Waals surface area contributed by atoms with E-state index in [-0.39, 0.29) is 29.6 Å². The number of hydrogen-bond acceptors (Lipinski definition) is 4. The zero-order valence-corrected chi connectivity index (χ0v) is 20.3. The summed E-state index contributed by atoms with van der Waals surface area (Å²) in [4.78, 5) is 9.09. The molecule has 1 aromatic carbocycles. The molecule has 6 nitrogen and oxygen atoms in total. The largest absolute Gasteiger partial charge is 0.488 e. The summed E-state index contributed by atoms with van der Waals surface area (Å²) in [6, 6.07) is 6.22. The van der Waals surface area contributed by atoms with Crippen LogP contribution in [0.3, 0.4) is 0 Å². The molecule has 0 saturated heterocycles. The lowest BCUT2D eigenvalue weighted by Gasteiger charge is -2.23. The highest BCUT2D eigenvalue weighted by molar-refractivity contribution is 14.0. The number of hydrogen-bond donors (Lipinski definition) is 2. The summed E-state index contributed by atoms with van der Waals surface area (Å²) in [5.74, 6) is 3.09. The Morgan fingerprint density at radius 3 is 2.46 bits per heavy atom. The number of halogens is 1. The van der Waals surface area contributed by atoms with E-state index >= 15 is 0 Å². The van der Waals surface area contributed by atoms with E-state index in [1.165, 1.54) is 5.56 Å². The summed E-state index contributed by atoms with van der Waals surface area (Å²) in [5.41, 5.74) is 2.88. The van der Waals surface area contributed by atoms with E-state index < -0.39 is 0 Å². The first-order chi connectivity index (χ1) is 12.7. The van der Waals surface area contributed by atoms with Crippen LogP contribution >= 0.6 is 24.0 Å². The van der Waals surface area contributed by atoms with Gasteiger partial charge in [0.1, 0.15) is 17.1 Å². The molecule has 0 spiro atoms. The molecular weight excluding hydrogens is 467 g/mol. The third kappa shape index (κ3) is 7.69. The molecule has 0 saturated carbocycles. The van der Waals surface area contributed by atoms with Gasteiger partial charge in [0.25, 0.3) is 0 Å². The fourth-order valence-electron chi connectivity index (χ4n) is 2.50. The number of benzene rings is 1. The molecule has 0 radical (unpaired) electrons. The lowest BCUT2D eigenvalue weighted by molar-refractivity contribution is 0.129. The smallest absolute Gasteiger partial charge is 0.214 e. The molecule has 28 heavy (non-hydrogen) atoms. The Morgan fingerprint density at radius 2 is 1.89 bits per heavy atom. The molecule has 0 aliphatic heterocycles. The molecule has 0 aliphatic carbocycles. The van der Waals surface area contributed by atoms with Crippen LogP contribution < -0.4 is 15.4 Å². The number of aryl methyl sites for hydroxylation is 3. The Bertz CT molecular complexity index is 775. The van der Waals surface area contributed by atoms with Crippen LogP contribution in [-0.4, -0.2) is 23.1 Å². The topological polar surface area (TPSA) is 71.7 Å². The van der Waals surface area contributed by atoms with E-state index in [4.69, 9.17) is 14.1 Å². The fraction of sp³-hybridized carbons (Fsp3) is 0.524. The van der Waals surface area contributed by atoms with Crippen molar-refractivity contribution in [3.8, 4) is 5.75 Å². The van der Waals surface area contributed by atoms with Gasteiger partial charge in [-0.1, -0.05) is 12.1 Å². The van der Waals surface area contributed by atoms with Gasteiger partial charge in [0.05, 0.1) is 18.8 Å². The Morgan fingerprint density at radius 1 is 1.18 bits per heavy atom. The average molecular weight is 500 g/mol. The number of nitrogens with one attached hydrogen (secondary N) is 2. The maximum absolute atomic E-state index is 6.12. The number of guanidine groups is 1. The van der Waals surface area contributed by atoms with Crippen molar-refractivity contribution in [2.45, 2.75) is 67.2 Å². The van der Waals surface area contributed by atoms with Gasteiger partial charge in [-0.3, -0.25) is 0 Å². The molecular formula is C21H33IN4O2. The molecule has 2 rings (SSSR count). The molecule has 0 bridgehead atoms. The standard InChI is InChI=1S/C21H32N4O2.HI/c1-8-22-20(24-13-19-25-15(3)16(4)26-19)23-12-17-10-9-14(2)11-18(17)27-21(5,6)7;/h9-11H,8,12-13H2,1-7H3,(H2,22,23,24);1H. The van der Waals surface area contributed by atoms with Gasteiger partial charge < -0.3 is 19.8 Å². The van der Waals surface area contributed by atoms with Crippen LogP contribution in [0.5, 0.6) is 5.75 Å². The normalized spacial score (nSPS) is 11.8. The number of rotatable bonds is 6. The zero-order valence-electron chi connectivity index (χ0n) is 18.0. The minimum Gasteiger partial charge on any atom is -0.488 e. The minimum atomic E-state index is -0.254. The van der Waals surface area contributed by atoms with Crippen molar-refractivity contribution in [2.75, 3.05) is 6.54 Å². The summed E-state index contributed by atoms with van der Waals surface area (Å²) < 4.78 is 11.7. The van der Waals surface area contributed by atoms with Crippen molar-refractivity contribution in [3.05, 3.63) is 46.7 Å². The molecule has 0 aliphatic rings. The van der Waals surface area contributed by atoms with Crippen LogP contribution in [0, 0.1) is 20.8 Å². The van der Waals surface area contributed by atoms with E-state index in [0.29, 0.717) is 24.9 Å². The van der Waals surface area contributed by atoms with Gasteiger partial charge in [0, 0.05) is 12.1 Å². The fourth-order valence-corrected chi connectivity index (χ4v) is 2.50. The maximum Gasteiger partial charge on any atom is 0.214 e. The van der Waals surface area contributed by atoms with Crippen molar-refractivity contribution >= 4 is 29.9 Å². The van der Waals surface area contributed by atoms with Crippen molar-refractivity contribution in [1.29, 1.82) is 0 Å². The highest BCUT2D eigenvalue weighted by Crippen LogP contribution is 2.25. The third-order valence-corrected chi connectivity index (χ3v) is 3.87. The molecule has 0 fully saturated rings. The highest BCUT2D eigenvalue weighted by Gasteiger charge is 2.15. The molecule has 156 valence electrons. The van der Waals surface area contributed by atoms with Crippen LogP contribution in [0.15, 0.2) is 27.6 Å². The number of aromatic nitrogens is 1. The number of oxazole rings is 1. The zero-order chi connectivity index (χ0) is 20.0. The van der Waals surface area contributed by atoms with E-state index in [1.54, 1.807) is 0 Å². The van der Waals surface area contributed by atoms with Crippen LogP contribution in [0.25, 0.3) is 0 Å². The van der Waals surface area contributed by atoms with Crippen molar-refractivity contribution < 1.29 is 9.15 Å². The van der Waals surface area contributed by atoms with Crippen LogP contribution in [0.2, 0.25) is 0 Å². The number of nitrogens with zero attached hydrogens (tertiary/aromatic N) is 2. The van der Waals surface area contributed by atoms with Crippen LogP contribution in [-0.2, 0) is 13.1 Å². The van der Waals surface area contributed by atoms with Crippen LogP contribution in [0.4, 0.5) is 0 Å². The molecule has 0 amide bonds. The SMILES string of the molecule is CCNC(=NCc1ccc(C)cc1OC(C)(C)C)NCc1nc(C)c(C)o1.I. The molecule has 7 heteroatoms. The second-order valence-electron chi connectivity index (χ2n) is 7.62. The lowest BCUT2D eigenvalue weighted by atomic mass is 10.1. The number of aliphatic imine (C=N–C) groups is 1. The first-order valence-electron chi connectivity index (χ1n) is 9.41. The second-order valence-corrected chi connectivity index (χ2v) is 7.62. The first-order valence-corrected chi connectivity index (χ1v) is 9.41. The first kappa shape index (κ1) is 24.3. The molecule has 0 atom stereocenters. The van der Waals surface area contributed by atoms with E-state index in [0.717, 1.165) is 29.3 Å². The number of ether oxygens (including phenoxy) is 1. The summed E-state index contributed by atoms with van der Waals surface area (Å²) in [6.07, 6.45) is 0. The Labute approximate surface area is 185 Å². The van der Waals surface area contributed by atoms with Gasteiger partial charge >= 0.3 is 0 Å². The van der Waals surface area contributed by atoms with Gasteiger partial charge in [0.15, 0.2) is 5.96 Å².